The molecule has 0 saturated carbocycles. The number of benzene rings is 1. The average Bonchev–Trinajstić information content (AvgIpc) is 2.36. The lowest BCUT2D eigenvalue weighted by Gasteiger charge is -2.20. The van der Waals surface area contributed by atoms with E-state index in [0.29, 0.717) is 0 Å². The van der Waals surface area contributed by atoms with E-state index in [2.05, 4.69) is 18.9 Å². The van der Waals surface area contributed by atoms with Gasteiger partial charge in [-0.05, 0) is 37.7 Å². The Hall–Kier alpha value is -0.730. The Bertz CT molecular complexity index is 313. The van der Waals surface area contributed by atoms with Crippen molar-refractivity contribution in [3.63, 3.8) is 0 Å². The monoisotopic (exact) mass is 255 g/mol. The van der Waals surface area contributed by atoms with Gasteiger partial charge in [0.2, 0.25) is 0 Å². The summed E-state index contributed by atoms with van der Waals surface area (Å²) in [6.07, 6.45) is 2.45. The van der Waals surface area contributed by atoms with Crippen LogP contribution in [-0.4, -0.2) is 32.1 Å². The normalized spacial score (nSPS) is 12.8. The van der Waals surface area contributed by atoms with Crippen LogP contribution in [0.15, 0.2) is 24.3 Å². The van der Waals surface area contributed by atoms with Gasteiger partial charge in [-0.3, -0.25) is 0 Å². The molecule has 0 aromatic heterocycles. The Morgan fingerprint density at radius 1 is 1.29 bits per heavy atom. The van der Waals surface area contributed by atoms with Gasteiger partial charge in [0.15, 0.2) is 0 Å². The summed E-state index contributed by atoms with van der Waals surface area (Å²) in [5.41, 5.74) is 1.15. The molecule has 3 heteroatoms. The predicted octanol–water partition coefficient (Wildman–Crippen LogP) is 3.71. The van der Waals surface area contributed by atoms with E-state index in [9.17, 15) is 0 Å². The van der Waals surface area contributed by atoms with Gasteiger partial charge in [-0.25, -0.2) is 0 Å². The van der Waals surface area contributed by atoms with Crippen LogP contribution in [0.3, 0.4) is 0 Å². The largest absolute Gasteiger partial charge is 0.497 e. The van der Waals surface area contributed by atoms with Gasteiger partial charge in [0, 0.05) is 6.54 Å². The van der Waals surface area contributed by atoms with Gasteiger partial charge >= 0.3 is 0 Å². The summed E-state index contributed by atoms with van der Waals surface area (Å²) >= 11 is 6.39. The molecule has 0 fully saturated rings. The number of unbranched alkanes of at least 4 members (excludes halogenated alkanes) is 1. The minimum Gasteiger partial charge on any atom is -0.497 e. The third-order valence-corrected chi connectivity index (χ3v) is 3.23. The SMILES string of the molecule is CCCCN(C)CC(Cl)c1ccc(OC)cc1. The van der Waals surface area contributed by atoms with Crippen molar-refractivity contribution in [2.75, 3.05) is 27.2 Å². The summed E-state index contributed by atoms with van der Waals surface area (Å²) in [5.74, 6) is 0.872. The first-order valence-corrected chi connectivity index (χ1v) is 6.57. The number of alkyl halides is 1. The first-order chi connectivity index (χ1) is 8.17. The van der Waals surface area contributed by atoms with Crippen LogP contribution in [0.1, 0.15) is 30.7 Å². The Morgan fingerprint density at radius 3 is 2.47 bits per heavy atom. The highest BCUT2D eigenvalue weighted by atomic mass is 35.5. The molecule has 0 heterocycles. The second kappa shape index (κ2) is 7.57. The van der Waals surface area contributed by atoms with E-state index in [0.717, 1.165) is 24.4 Å². The van der Waals surface area contributed by atoms with Crippen molar-refractivity contribution in [1.29, 1.82) is 0 Å². The van der Waals surface area contributed by atoms with Crippen LogP contribution in [0.4, 0.5) is 0 Å². The maximum Gasteiger partial charge on any atom is 0.118 e. The van der Waals surface area contributed by atoms with Gasteiger partial charge in [-0.15, -0.1) is 11.6 Å². The van der Waals surface area contributed by atoms with Gasteiger partial charge in [0.1, 0.15) is 5.75 Å². The molecule has 0 N–H and O–H groups in total. The van der Waals surface area contributed by atoms with E-state index < -0.39 is 0 Å². The summed E-state index contributed by atoms with van der Waals surface area (Å²) in [6, 6.07) is 7.97. The molecule has 1 rings (SSSR count). The molecule has 0 aliphatic heterocycles. The number of hydrogen-bond donors (Lipinski definition) is 0. The molecule has 1 unspecified atom stereocenters. The van der Waals surface area contributed by atoms with Crippen LogP contribution in [0.5, 0.6) is 5.75 Å². The lowest BCUT2D eigenvalue weighted by atomic mass is 10.1. The van der Waals surface area contributed by atoms with E-state index in [1.165, 1.54) is 12.8 Å². The maximum atomic E-state index is 6.39. The number of likely N-dealkylation sites (N-methyl/N-ethyl adjacent to an activating group) is 1. The third-order valence-electron chi connectivity index (χ3n) is 2.84. The molecule has 96 valence electrons. The smallest absolute Gasteiger partial charge is 0.118 e. The van der Waals surface area contributed by atoms with E-state index in [1.54, 1.807) is 7.11 Å². The van der Waals surface area contributed by atoms with Crippen LogP contribution in [-0.2, 0) is 0 Å². The zero-order valence-electron chi connectivity index (χ0n) is 10.9. The van der Waals surface area contributed by atoms with E-state index in [-0.39, 0.29) is 5.38 Å². The van der Waals surface area contributed by atoms with Crippen molar-refractivity contribution >= 4 is 11.6 Å². The van der Waals surface area contributed by atoms with Crippen molar-refractivity contribution in [2.24, 2.45) is 0 Å². The summed E-state index contributed by atoms with van der Waals surface area (Å²) in [4.78, 5) is 2.28. The van der Waals surface area contributed by atoms with Gasteiger partial charge in [-0.2, -0.15) is 0 Å². The van der Waals surface area contributed by atoms with Gasteiger partial charge < -0.3 is 9.64 Å². The first kappa shape index (κ1) is 14.3. The van der Waals surface area contributed by atoms with E-state index in [4.69, 9.17) is 16.3 Å². The quantitative estimate of drug-likeness (QED) is 0.689. The standard InChI is InChI=1S/C14H22ClNO/c1-4-5-10-16(2)11-14(15)12-6-8-13(17-3)9-7-12/h6-9,14H,4-5,10-11H2,1-3H3. The minimum atomic E-state index is 0.0442. The van der Waals surface area contributed by atoms with Crippen LogP contribution < -0.4 is 4.74 Å². The second-order valence-electron chi connectivity index (χ2n) is 4.36. The number of halogens is 1. The molecule has 0 spiro atoms. The van der Waals surface area contributed by atoms with Crippen LogP contribution in [0, 0.1) is 0 Å². The lowest BCUT2D eigenvalue weighted by molar-refractivity contribution is 0.328. The topological polar surface area (TPSA) is 12.5 Å². The highest BCUT2D eigenvalue weighted by molar-refractivity contribution is 6.21. The minimum absolute atomic E-state index is 0.0442. The fourth-order valence-corrected chi connectivity index (χ4v) is 2.09. The fraction of sp³-hybridized carbons (Fsp3) is 0.571. The summed E-state index contributed by atoms with van der Waals surface area (Å²) in [6.45, 7) is 4.19. The zero-order chi connectivity index (χ0) is 12.7. The van der Waals surface area contributed by atoms with Crippen molar-refractivity contribution in [1.82, 2.24) is 4.90 Å². The summed E-state index contributed by atoms with van der Waals surface area (Å²) in [5, 5.41) is 0.0442. The Morgan fingerprint density at radius 2 is 1.94 bits per heavy atom. The molecule has 1 atom stereocenters. The zero-order valence-corrected chi connectivity index (χ0v) is 11.7. The Kier molecular flexibility index (Phi) is 6.38. The maximum absolute atomic E-state index is 6.39. The van der Waals surface area contributed by atoms with Crippen LogP contribution in [0.2, 0.25) is 0 Å². The molecule has 2 nitrogen and oxygen atoms in total. The van der Waals surface area contributed by atoms with Gasteiger partial charge in [0.05, 0.1) is 12.5 Å². The molecule has 0 saturated heterocycles. The first-order valence-electron chi connectivity index (χ1n) is 6.14. The molecule has 0 aliphatic carbocycles. The van der Waals surface area contributed by atoms with Crippen LogP contribution in [0.25, 0.3) is 0 Å². The molecular formula is C14H22ClNO. The third kappa shape index (κ3) is 4.97. The van der Waals surface area contributed by atoms with Crippen molar-refractivity contribution in [3.05, 3.63) is 29.8 Å². The molecule has 1 aromatic rings. The fourth-order valence-electron chi connectivity index (χ4n) is 1.71. The van der Waals surface area contributed by atoms with Crippen molar-refractivity contribution in [2.45, 2.75) is 25.1 Å². The predicted molar refractivity (Wildman–Crippen MR) is 74.0 cm³/mol. The molecule has 17 heavy (non-hydrogen) atoms. The lowest BCUT2D eigenvalue weighted by Crippen LogP contribution is -2.23. The average molecular weight is 256 g/mol. The number of nitrogens with zero attached hydrogens (tertiary/aromatic N) is 1. The summed E-state index contributed by atoms with van der Waals surface area (Å²) in [7, 11) is 3.79. The number of methoxy groups -OCH3 is 1. The number of ether oxygens (including phenoxy) is 1. The number of rotatable bonds is 7. The summed E-state index contributed by atoms with van der Waals surface area (Å²) < 4.78 is 5.13. The van der Waals surface area contributed by atoms with Gasteiger partial charge in [-0.1, -0.05) is 25.5 Å². The molecule has 0 radical (unpaired) electrons. The van der Waals surface area contributed by atoms with E-state index >= 15 is 0 Å². The van der Waals surface area contributed by atoms with Crippen LogP contribution >= 0.6 is 11.6 Å². The van der Waals surface area contributed by atoms with Crippen molar-refractivity contribution < 1.29 is 4.74 Å². The molecule has 1 aromatic carbocycles. The molecule has 0 aliphatic rings. The highest BCUT2D eigenvalue weighted by Gasteiger charge is 2.10. The highest BCUT2D eigenvalue weighted by Crippen LogP contribution is 2.23. The number of hydrogen-bond acceptors (Lipinski definition) is 2. The Balaban J connectivity index is 2.47. The Labute approximate surface area is 110 Å². The molecule has 0 bridgehead atoms. The second-order valence-corrected chi connectivity index (χ2v) is 4.88. The van der Waals surface area contributed by atoms with E-state index in [1.807, 2.05) is 24.3 Å². The van der Waals surface area contributed by atoms with Gasteiger partial charge in [0.25, 0.3) is 0 Å². The molecule has 0 amide bonds. The molecular weight excluding hydrogens is 234 g/mol. The van der Waals surface area contributed by atoms with Crippen molar-refractivity contribution in [3.8, 4) is 5.75 Å².